The predicted octanol–water partition coefficient (Wildman–Crippen LogP) is 2.27. The molecule has 0 aromatic heterocycles. The highest BCUT2D eigenvalue weighted by Crippen LogP contribution is 2.41. The number of nitrogens with zero attached hydrogens (tertiary/aromatic N) is 5. The number of rotatable bonds is 3. The van der Waals surface area contributed by atoms with E-state index in [1.165, 1.54) is 6.42 Å². The SMILES string of the molecule is N#CC1CCCN1C(=O)CN(Cl)C1C[C@@H]2CN(C(=O)N3CCCCC3)C[C@@H]2C1. The molecule has 154 valence electrons. The van der Waals surface area contributed by atoms with Crippen LogP contribution in [-0.2, 0) is 4.79 Å². The number of piperidine rings is 1. The standard InChI is InChI=1S/C20H30ClN5O2/c21-26(14-19(27)25-8-4-5-17(25)11-22)18-9-15-12-24(13-16(15)10-18)20(28)23-6-2-1-3-7-23/h15-18H,1-10,12-14H2/t15-,16+,17?,18?. The summed E-state index contributed by atoms with van der Waals surface area (Å²) < 4.78 is 1.66. The van der Waals surface area contributed by atoms with Crippen LogP contribution in [0.3, 0.4) is 0 Å². The number of likely N-dealkylation sites (tertiary alicyclic amines) is 3. The summed E-state index contributed by atoms with van der Waals surface area (Å²) in [5, 5.41) is 9.18. The van der Waals surface area contributed by atoms with Gasteiger partial charge in [0.1, 0.15) is 6.04 Å². The third-order valence-corrected chi connectivity index (χ3v) is 7.42. The Morgan fingerprint density at radius 3 is 2.32 bits per heavy atom. The molecule has 3 saturated heterocycles. The van der Waals surface area contributed by atoms with E-state index < -0.39 is 0 Å². The minimum atomic E-state index is -0.296. The Bertz CT molecular complexity index is 633. The van der Waals surface area contributed by atoms with Gasteiger partial charge in [0.25, 0.3) is 0 Å². The smallest absolute Gasteiger partial charge is 0.320 e. The molecule has 0 bridgehead atoms. The highest BCUT2D eigenvalue weighted by molar-refractivity contribution is 6.14. The second kappa shape index (κ2) is 8.46. The van der Waals surface area contributed by atoms with Crippen LogP contribution < -0.4 is 0 Å². The lowest BCUT2D eigenvalue weighted by atomic mass is 10.0. The first-order valence-corrected chi connectivity index (χ1v) is 11.1. The summed E-state index contributed by atoms with van der Waals surface area (Å²) in [5.74, 6) is 0.917. The first kappa shape index (κ1) is 19.8. The average molecular weight is 408 g/mol. The molecule has 28 heavy (non-hydrogen) atoms. The van der Waals surface area contributed by atoms with Crippen molar-refractivity contribution in [2.24, 2.45) is 11.8 Å². The van der Waals surface area contributed by atoms with Gasteiger partial charge >= 0.3 is 6.03 Å². The largest absolute Gasteiger partial charge is 0.326 e. The van der Waals surface area contributed by atoms with Crippen molar-refractivity contribution < 1.29 is 9.59 Å². The van der Waals surface area contributed by atoms with E-state index >= 15 is 0 Å². The van der Waals surface area contributed by atoms with Crippen LogP contribution >= 0.6 is 11.8 Å². The molecule has 1 saturated carbocycles. The quantitative estimate of drug-likeness (QED) is 0.673. The van der Waals surface area contributed by atoms with E-state index in [-0.39, 0.29) is 30.6 Å². The lowest BCUT2D eigenvalue weighted by molar-refractivity contribution is -0.131. The third-order valence-electron chi connectivity index (χ3n) is 7.03. The van der Waals surface area contributed by atoms with Crippen molar-refractivity contribution in [3.8, 4) is 6.07 Å². The molecule has 7 nitrogen and oxygen atoms in total. The Morgan fingerprint density at radius 1 is 1.00 bits per heavy atom. The number of halogens is 1. The zero-order chi connectivity index (χ0) is 19.7. The topological polar surface area (TPSA) is 70.9 Å². The van der Waals surface area contributed by atoms with Gasteiger partial charge < -0.3 is 14.7 Å². The van der Waals surface area contributed by atoms with Gasteiger partial charge in [-0.25, -0.2) is 9.21 Å². The molecule has 3 aliphatic heterocycles. The van der Waals surface area contributed by atoms with Crippen LogP contribution in [0.1, 0.15) is 44.9 Å². The summed E-state index contributed by atoms with van der Waals surface area (Å²) in [4.78, 5) is 31.0. The number of hydrogen-bond donors (Lipinski definition) is 0. The Kier molecular flexibility index (Phi) is 5.98. The van der Waals surface area contributed by atoms with Crippen molar-refractivity contribution in [1.29, 1.82) is 5.26 Å². The molecule has 4 atom stereocenters. The van der Waals surface area contributed by atoms with E-state index in [0.717, 1.165) is 64.7 Å². The van der Waals surface area contributed by atoms with Crippen LogP contribution in [-0.4, -0.2) is 82.4 Å². The molecule has 3 amide bonds. The maximum absolute atomic E-state index is 12.7. The number of amides is 3. The fraction of sp³-hybridized carbons (Fsp3) is 0.850. The maximum atomic E-state index is 12.7. The minimum absolute atomic E-state index is 0.0435. The Labute approximate surface area is 172 Å². The Hall–Kier alpha value is -1.52. The molecule has 1 aliphatic carbocycles. The molecule has 0 radical (unpaired) electrons. The second-order valence-electron chi connectivity index (χ2n) is 8.81. The van der Waals surface area contributed by atoms with Crippen molar-refractivity contribution in [2.75, 3.05) is 39.3 Å². The van der Waals surface area contributed by atoms with Crippen LogP contribution in [0.15, 0.2) is 0 Å². The Balaban J connectivity index is 1.26. The van der Waals surface area contributed by atoms with Gasteiger partial charge in [-0.05, 0) is 68.6 Å². The first-order chi connectivity index (χ1) is 13.6. The number of nitriles is 1. The van der Waals surface area contributed by atoms with E-state index in [9.17, 15) is 14.9 Å². The molecule has 0 aromatic rings. The summed E-state index contributed by atoms with van der Waals surface area (Å²) in [5.41, 5.74) is 0. The highest BCUT2D eigenvalue weighted by Gasteiger charge is 2.45. The van der Waals surface area contributed by atoms with Crippen molar-refractivity contribution in [3.63, 3.8) is 0 Å². The third kappa shape index (κ3) is 3.95. The lowest BCUT2D eigenvalue weighted by Gasteiger charge is -2.32. The summed E-state index contributed by atoms with van der Waals surface area (Å²) in [6.07, 6.45) is 6.99. The Morgan fingerprint density at radius 2 is 1.68 bits per heavy atom. The fourth-order valence-corrected chi connectivity index (χ4v) is 5.75. The van der Waals surface area contributed by atoms with Crippen LogP contribution in [0.2, 0.25) is 0 Å². The van der Waals surface area contributed by atoms with Gasteiger partial charge in [-0.3, -0.25) is 4.79 Å². The van der Waals surface area contributed by atoms with Gasteiger partial charge in [-0.1, -0.05) is 0 Å². The molecule has 8 heteroatoms. The second-order valence-corrected chi connectivity index (χ2v) is 9.25. The zero-order valence-corrected chi connectivity index (χ0v) is 17.2. The maximum Gasteiger partial charge on any atom is 0.320 e. The zero-order valence-electron chi connectivity index (χ0n) is 16.4. The minimum Gasteiger partial charge on any atom is -0.326 e. The predicted molar refractivity (Wildman–Crippen MR) is 105 cm³/mol. The van der Waals surface area contributed by atoms with E-state index in [1.807, 2.05) is 9.80 Å². The van der Waals surface area contributed by atoms with E-state index in [0.29, 0.717) is 18.4 Å². The van der Waals surface area contributed by atoms with E-state index in [1.54, 1.807) is 9.32 Å². The molecule has 4 aliphatic rings. The molecule has 3 heterocycles. The fourth-order valence-electron chi connectivity index (χ4n) is 5.49. The van der Waals surface area contributed by atoms with Gasteiger partial charge in [0.2, 0.25) is 5.91 Å². The van der Waals surface area contributed by atoms with Crippen molar-refractivity contribution in [2.45, 2.75) is 57.0 Å². The number of hydrogen-bond acceptors (Lipinski definition) is 4. The molecule has 0 N–H and O–H groups in total. The van der Waals surface area contributed by atoms with Gasteiger partial charge in [0, 0.05) is 38.8 Å². The molecule has 4 fully saturated rings. The van der Waals surface area contributed by atoms with Gasteiger partial charge in [-0.2, -0.15) is 5.26 Å². The summed E-state index contributed by atoms with van der Waals surface area (Å²) in [6.45, 7) is 4.25. The molecule has 2 unspecified atom stereocenters. The lowest BCUT2D eigenvalue weighted by Crippen LogP contribution is -2.45. The molecule has 0 spiro atoms. The van der Waals surface area contributed by atoms with Crippen molar-refractivity contribution in [1.82, 2.24) is 19.1 Å². The molecular formula is C20H30ClN5O2. The number of urea groups is 1. The van der Waals surface area contributed by atoms with Crippen LogP contribution in [0.25, 0.3) is 0 Å². The molecule has 0 aromatic carbocycles. The van der Waals surface area contributed by atoms with Gasteiger partial charge in [0.05, 0.1) is 12.6 Å². The summed E-state index contributed by atoms with van der Waals surface area (Å²) >= 11 is 6.50. The highest BCUT2D eigenvalue weighted by atomic mass is 35.5. The average Bonchev–Trinajstić information content (AvgIpc) is 3.42. The number of carbonyl (C=O) groups is 2. The van der Waals surface area contributed by atoms with Crippen molar-refractivity contribution in [3.05, 3.63) is 0 Å². The summed E-state index contributed by atoms with van der Waals surface area (Å²) in [7, 11) is 0. The normalized spacial score (nSPS) is 32.7. The monoisotopic (exact) mass is 407 g/mol. The molecule has 4 rings (SSSR count). The number of carbonyl (C=O) groups excluding carboxylic acids is 2. The van der Waals surface area contributed by atoms with Crippen molar-refractivity contribution >= 4 is 23.7 Å². The van der Waals surface area contributed by atoms with Crippen LogP contribution in [0, 0.1) is 23.2 Å². The van der Waals surface area contributed by atoms with Gasteiger partial charge in [0.15, 0.2) is 0 Å². The number of fused-ring (bicyclic) bond motifs is 1. The summed E-state index contributed by atoms with van der Waals surface area (Å²) in [6, 6.07) is 2.30. The first-order valence-electron chi connectivity index (χ1n) is 10.7. The van der Waals surface area contributed by atoms with E-state index in [2.05, 4.69) is 6.07 Å². The van der Waals surface area contributed by atoms with Crippen LogP contribution in [0.4, 0.5) is 4.79 Å². The molecular weight excluding hydrogens is 378 g/mol. The van der Waals surface area contributed by atoms with E-state index in [4.69, 9.17) is 11.8 Å². The van der Waals surface area contributed by atoms with Crippen LogP contribution in [0.5, 0.6) is 0 Å². The van der Waals surface area contributed by atoms with Gasteiger partial charge in [-0.15, -0.1) is 0 Å².